The predicted molar refractivity (Wildman–Crippen MR) is 61.4 cm³/mol. The minimum atomic E-state index is -3.25. The lowest BCUT2D eigenvalue weighted by Crippen LogP contribution is -2.18. The molecule has 0 aliphatic rings. The van der Waals surface area contributed by atoms with Gasteiger partial charge in [-0.15, -0.1) is 0 Å². The molecule has 84 valence electrons. The molecule has 0 bridgehead atoms. The third kappa shape index (κ3) is 3.51. The zero-order valence-corrected chi connectivity index (χ0v) is 10.2. The van der Waals surface area contributed by atoms with Gasteiger partial charge in [0.05, 0.1) is 18.1 Å². The molecular weight excluding hydrogens is 212 g/mol. The van der Waals surface area contributed by atoms with Crippen LogP contribution < -0.4 is 4.72 Å². The van der Waals surface area contributed by atoms with Crippen LogP contribution in [0.5, 0.6) is 0 Å². The van der Waals surface area contributed by atoms with Crippen molar-refractivity contribution < 1.29 is 8.42 Å². The maximum absolute atomic E-state index is 11.1. The van der Waals surface area contributed by atoms with Gasteiger partial charge in [0.15, 0.2) is 0 Å². The molecule has 4 nitrogen and oxygen atoms in total. The molecule has 5 heteroatoms. The average molecular weight is 228 g/mol. The normalized spacial score (nSPS) is 12.5. The highest BCUT2D eigenvalue weighted by atomic mass is 32.2. The number of aromatic nitrogens is 1. The van der Waals surface area contributed by atoms with Crippen molar-refractivity contribution in [2.75, 3.05) is 11.0 Å². The second-order valence-electron chi connectivity index (χ2n) is 4.55. The molecule has 0 saturated heterocycles. The summed E-state index contributed by atoms with van der Waals surface area (Å²) in [5.74, 6) is 0. The average Bonchev–Trinajstić information content (AvgIpc) is 1.99. The van der Waals surface area contributed by atoms with Crippen LogP contribution in [0.4, 0.5) is 5.69 Å². The van der Waals surface area contributed by atoms with Gasteiger partial charge in [0, 0.05) is 6.20 Å². The highest BCUT2D eigenvalue weighted by Gasteiger charge is 2.19. The Hall–Kier alpha value is -1.10. The maximum Gasteiger partial charge on any atom is 0.229 e. The van der Waals surface area contributed by atoms with Gasteiger partial charge in [0.2, 0.25) is 10.0 Å². The van der Waals surface area contributed by atoms with Crippen molar-refractivity contribution in [3.8, 4) is 0 Å². The molecule has 0 aromatic carbocycles. The molecule has 0 aliphatic carbocycles. The molecule has 1 rings (SSSR count). The number of nitrogens with zero attached hydrogens (tertiary/aromatic N) is 1. The van der Waals surface area contributed by atoms with E-state index >= 15 is 0 Å². The second-order valence-corrected chi connectivity index (χ2v) is 6.29. The van der Waals surface area contributed by atoms with Gasteiger partial charge in [0.25, 0.3) is 0 Å². The summed E-state index contributed by atoms with van der Waals surface area (Å²) in [6, 6.07) is 1.83. The van der Waals surface area contributed by atoms with Crippen molar-refractivity contribution in [3.05, 3.63) is 24.0 Å². The summed E-state index contributed by atoms with van der Waals surface area (Å²) in [5, 5.41) is 0. The first-order valence-corrected chi connectivity index (χ1v) is 6.51. The highest BCUT2D eigenvalue weighted by Crippen LogP contribution is 2.28. The number of anilines is 1. The van der Waals surface area contributed by atoms with Crippen molar-refractivity contribution in [1.82, 2.24) is 4.98 Å². The van der Waals surface area contributed by atoms with Gasteiger partial charge in [-0.05, 0) is 17.0 Å². The Kier molecular flexibility index (Phi) is 3.04. The fraction of sp³-hybridized carbons (Fsp3) is 0.500. The second kappa shape index (κ2) is 3.81. The smallest absolute Gasteiger partial charge is 0.229 e. The molecule has 1 aromatic heterocycles. The Balaban J connectivity index is 3.19. The number of nitrogens with one attached hydrogen (secondary N) is 1. The first kappa shape index (κ1) is 12.0. The van der Waals surface area contributed by atoms with Gasteiger partial charge >= 0.3 is 0 Å². The summed E-state index contributed by atoms with van der Waals surface area (Å²) in [5.41, 5.74) is 1.37. The van der Waals surface area contributed by atoms with Crippen LogP contribution in [0.15, 0.2) is 18.5 Å². The minimum absolute atomic E-state index is 0.115. The van der Waals surface area contributed by atoms with Crippen LogP contribution in [0.2, 0.25) is 0 Å². The van der Waals surface area contributed by atoms with Gasteiger partial charge in [-0.3, -0.25) is 9.71 Å². The van der Waals surface area contributed by atoms with Crippen LogP contribution in [-0.2, 0) is 15.4 Å². The SMILES string of the molecule is CC(C)(C)c1ccncc1NS(C)(=O)=O. The van der Waals surface area contributed by atoms with E-state index < -0.39 is 10.0 Å². The van der Waals surface area contributed by atoms with Gasteiger partial charge < -0.3 is 0 Å². The summed E-state index contributed by atoms with van der Waals surface area (Å²) < 4.78 is 24.7. The first-order valence-electron chi connectivity index (χ1n) is 4.62. The molecule has 1 aromatic rings. The lowest BCUT2D eigenvalue weighted by molar-refractivity contribution is 0.590. The van der Waals surface area contributed by atoms with Crippen LogP contribution in [0.25, 0.3) is 0 Å². The van der Waals surface area contributed by atoms with Crippen LogP contribution in [0.1, 0.15) is 26.3 Å². The zero-order valence-electron chi connectivity index (χ0n) is 9.40. The molecule has 0 atom stereocenters. The van der Waals surface area contributed by atoms with Crippen LogP contribution in [0.3, 0.4) is 0 Å². The lowest BCUT2D eigenvalue weighted by atomic mass is 9.87. The number of sulfonamides is 1. The summed E-state index contributed by atoms with van der Waals surface area (Å²) >= 11 is 0. The quantitative estimate of drug-likeness (QED) is 0.839. The van der Waals surface area contributed by atoms with E-state index in [1.165, 1.54) is 6.20 Å². The van der Waals surface area contributed by atoms with Gasteiger partial charge in [-0.2, -0.15) is 0 Å². The molecule has 0 amide bonds. The molecule has 1 N–H and O–H groups in total. The van der Waals surface area contributed by atoms with Gasteiger partial charge in [-0.25, -0.2) is 8.42 Å². The van der Waals surface area contributed by atoms with Crippen molar-refractivity contribution in [3.63, 3.8) is 0 Å². The fourth-order valence-electron chi connectivity index (χ4n) is 1.33. The summed E-state index contributed by atoms with van der Waals surface area (Å²) in [4.78, 5) is 3.92. The van der Waals surface area contributed by atoms with E-state index in [2.05, 4.69) is 9.71 Å². The Morgan fingerprint density at radius 1 is 1.33 bits per heavy atom. The largest absolute Gasteiger partial charge is 0.282 e. The monoisotopic (exact) mass is 228 g/mol. The molecular formula is C10H16N2O2S. The Bertz CT molecular complexity index is 447. The van der Waals surface area contributed by atoms with Crippen molar-refractivity contribution in [2.24, 2.45) is 0 Å². The minimum Gasteiger partial charge on any atom is -0.282 e. The molecule has 15 heavy (non-hydrogen) atoms. The standard InChI is InChI=1S/C10H16N2O2S/c1-10(2,3)8-5-6-11-7-9(8)12-15(4,13)14/h5-7,12H,1-4H3. The summed E-state index contributed by atoms with van der Waals surface area (Å²) in [7, 11) is -3.25. The van der Waals surface area contributed by atoms with Crippen LogP contribution >= 0.6 is 0 Å². The van der Waals surface area contributed by atoms with Crippen molar-refractivity contribution in [1.29, 1.82) is 0 Å². The first-order chi connectivity index (χ1) is 6.70. The molecule has 0 radical (unpaired) electrons. The van der Waals surface area contributed by atoms with E-state index in [0.717, 1.165) is 11.8 Å². The van der Waals surface area contributed by atoms with Gasteiger partial charge in [-0.1, -0.05) is 20.8 Å². The molecule has 0 aliphatic heterocycles. The van der Waals surface area contributed by atoms with Crippen molar-refractivity contribution in [2.45, 2.75) is 26.2 Å². The van der Waals surface area contributed by atoms with E-state index in [0.29, 0.717) is 5.69 Å². The maximum atomic E-state index is 11.1. The van der Waals surface area contributed by atoms with E-state index in [4.69, 9.17) is 0 Å². The summed E-state index contributed by atoms with van der Waals surface area (Å²) in [6.45, 7) is 6.07. The topological polar surface area (TPSA) is 59.1 Å². The number of hydrogen-bond donors (Lipinski definition) is 1. The Morgan fingerprint density at radius 2 is 1.93 bits per heavy atom. The Morgan fingerprint density at radius 3 is 2.40 bits per heavy atom. The molecule has 0 fully saturated rings. The number of pyridine rings is 1. The number of rotatable bonds is 2. The highest BCUT2D eigenvalue weighted by molar-refractivity contribution is 7.92. The Labute approximate surface area is 90.8 Å². The molecule has 0 saturated carbocycles. The van der Waals surface area contributed by atoms with E-state index in [9.17, 15) is 8.42 Å². The molecule has 0 unspecified atom stereocenters. The van der Waals surface area contributed by atoms with E-state index in [1.807, 2.05) is 26.8 Å². The van der Waals surface area contributed by atoms with Crippen LogP contribution in [-0.4, -0.2) is 19.7 Å². The number of hydrogen-bond acceptors (Lipinski definition) is 3. The summed E-state index contributed by atoms with van der Waals surface area (Å²) in [6.07, 6.45) is 4.32. The molecule has 1 heterocycles. The van der Waals surface area contributed by atoms with Gasteiger partial charge in [0.1, 0.15) is 0 Å². The predicted octanol–water partition coefficient (Wildman–Crippen LogP) is 1.75. The van der Waals surface area contributed by atoms with E-state index in [1.54, 1.807) is 6.20 Å². The lowest BCUT2D eigenvalue weighted by Gasteiger charge is -2.22. The third-order valence-corrected chi connectivity index (χ3v) is 2.52. The fourth-order valence-corrected chi connectivity index (χ4v) is 1.89. The molecule has 0 spiro atoms. The van der Waals surface area contributed by atoms with Crippen LogP contribution in [0, 0.1) is 0 Å². The third-order valence-electron chi connectivity index (χ3n) is 1.92. The van der Waals surface area contributed by atoms with Crippen molar-refractivity contribution >= 4 is 15.7 Å². The zero-order chi connectivity index (χ0) is 11.7. The van der Waals surface area contributed by atoms with E-state index in [-0.39, 0.29) is 5.41 Å².